The van der Waals surface area contributed by atoms with Crippen molar-refractivity contribution in [3.63, 3.8) is 0 Å². The van der Waals surface area contributed by atoms with Crippen LogP contribution in [0.5, 0.6) is 0 Å². The highest BCUT2D eigenvalue weighted by Gasteiger charge is 2.12. The first-order valence-electron chi connectivity index (χ1n) is 5.20. The van der Waals surface area contributed by atoms with Crippen molar-refractivity contribution in [2.75, 3.05) is 38.3 Å². The van der Waals surface area contributed by atoms with Gasteiger partial charge in [-0.25, -0.2) is 0 Å². The highest BCUT2D eigenvalue weighted by atomic mass is 16.5. The van der Waals surface area contributed by atoms with Gasteiger partial charge in [0, 0.05) is 19.6 Å². The average Bonchev–Trinajstić information content (AvgIpc) is 2.32. The summed E-state index contributed by atoms with van der Waals surface area (Å²) in [4.78, 5) is 2.19. The zero-order valence-corrected chi connectivity index (χ0v) is 8.94. The number of nitrogens with zero attached hydrogens (tertiary/aromatic N) is 3. The summed E-state index contributed by atoms with van der Waals surface area (Å²) in [5, 5.41) is 11.4. The predicted octanol–water partition coefficient (Wildman–Crippen LogP) is 0.0326. The van der Waals surface area contributed by atoms with E-state index in [2.05, 4.69) is 20.4 Å². The van der Waals surface area contributed by atoms with Crippen molar-refractivity contribution >= 4 is 5.82 Å². The van der Waals surface area contributed by atoms with E-state index >= 15 is 0 Å². The Balaban J connectivity index is 2.02. The molecule has 2 rings (SSSR count). The Morgan fingerprint density at radius 1 is 1.33 bits per heavy atom. The van der Waals surface area contributed by atoms with Gasteiger partial charge in [0.2, 0.25) is 0 Å². The molecule has 15 heavy (non-hydrogen) atoms. The van der Waals surface area contributed by atoms with Crippen LogP contribution in [-0.2, 0) is 11.3 Å². The highest BCUT2D eigenvalue weighted by Crippen LogP contribution is 2.11. The number of hydrogen-bond acceptors (Lipinski definition) is 5. The van der Waals surface area contributed by atoms with Crippen molar-refractivity contribution in [3.05, 3.63) is 17.8 Å². The normalized spacial score (nSPS) is 16.7. The van der Waals surface area contributed by atoms with Crippen molar-refractivity contribution < 1.29 is 4.74 Å². The maximum atomic E-state index is 5.28. The molecule has 5 nitrogen and oxygen atoms in total. The van der Waals surface area contributed by atoms with Gasteiger partial charge in [-0.15, -0.1) is 5.10 Å². The Hall–Kier alpha value is -1.20. The maximum absolute atomic E-state index is 5.28. The molecule has 0 unspecified atom stereocenters. The van der Waals surface area contributed by atoms with E-state index in [0.717, 1.165) is 44.4 Å². The van der Waals surface area contributed by atoms with E-state index in [-0.39, 0.29) is 0 Å². The van der Waals surface area contributed by atoms with Crippen molar-refractivity contribution in [3.8, 4) is 0 Å². The van der Waals surface area contributed by atoms with Crippen LogP contribution >= 0.6 is 0 Å². The first-order chi connectivity index (χ1) is 7.40. The first kappa shape index (κ1) is 10.3. The number of morpholine rings is 1. The fraction of sp³-hybridized carbons (Fsp3) is 0.600. The molecule has 82 valence electrons. The van der Waals surface area contributed by atoms with Gasteiger partial charge in [-0.2, -0.15) is 5.10 Å². The van der Waals surface area contributed by atoms with Gasteiger partial charge in [0.05, 0.1) is 18.9 Å². The van der Waals surface area contributed by atoms with Gasteiger partial charge < -0.3 is 15.0 Å². The monoisotopic (exact) mass is 208 g/mol. The zero-order chi connectivity index (χ0) is 10.5. The van der Waals surface area contributed by atoms with Crippen LogP contribution in [0.15, 0.2) is 12.1 Å². The molecule has 1 aromatic heterocycles. The van der Waals surface area contributed by atoms with Gasteiger partial charge in [0.25, 0.3) is 0 Å². The lowest BCUT2D eigenvalue weighted by molar-refractivity contribution is 0.122. The standard InChI is InChI=1S/C10H16N4O/c1-11-8-9-2-3-10(13-12-9)14-4-6-15-7-5-14/h2-3,11H,4-8H2,1H3. The first-order valence-corrected chi connectivity index (χ1v) is 5.20. The molecule has 0 spiro atoms. The van der Waals surface area contributed by atoms with Gasteiger partial charge in [0.1, 0.15) is 0 Å². The van der Waals surface area contributed by atoms with E-state index in [1.807, 2.05) is 19.2 Å². The predicted molar refractivity (Wildman–Crippen MR) is 57.8 cm³/mol. The summed E-state index contributed by atoms with van der Waals surface area (Å²) < 4.78 is 5.28. The molecule has 1 N–H and O–H groups in total. The summed E-state index contributed by atoms with van der Waals surface area (Å²) in [6.45, 7) is 4.12. The molecule has 0 amide bonds. The second kappa shape index (κ2) is 5.04. The van der Waals surface area contributed by atoms with E-state index in [9.17, 15) is 0 Å². The lowest BCUT2D eigenvalue weighted by Gasteiger charge is -2.27. The van der Waals surface area contributed by atoms with Crippen LogP contribution in [0.1, 0.15) is 5.69 Å². The van der Waals surface area contributed by atoms with E-state index < -0.39 is 0 Å². The van der Waals surface area contributed by atoms with Crippen molar-refractivity contribution in [2.45, 2.75) is 6.54 Å². The van der Waals surface area contributed by atoms with Gasteiger partial charge in [-0.05, 0) is 19.2 Å². The molecule has 0 aromatic carbocycles. The molecule has 1 aliphatic heterocycles. The van der Waals surface area contributed by atoms with Gasteiger partial charge >= 0.3 is 0 Å². The number of ether oxygens (including phenoxy) is 1. The summed E-state index contributed by atoms with van der Waals surface area (Å²) >= 11 is 0. The molecule has 0 bridgehead atoms. The van der Waals surface area contributed by atoms with Crippen LogP contribution in [0.3, 0.4) is 0 Å². The SMILES string of the molecule is CNCc1ccc(N2CCOCC2)nn1. The maximum Gasteiger partial charge on any atom is 0.151 e. The van der Waals surface area contributed by atoms with Crippen molar-refractivity contribution in [1.29, 1.82) is 0 Å². The molecule has 0 saturated carbocycles. The number of anilines is 1. The van der Waals surface area contributed by atoms with Crippen molar-refractivity contribution in [1.82, 2.24) is 15.5 Å². The number of aromatic nitrogens is 2. The lowest BCUT2D eigenvalue weighted by atomic mass is 10.3. The number of nitrogens with one attached hydrogen (secondary N) is 1. The van der Waals surface area contributed by atoms with E-state index in [1.165, 1.54) is 0 Å². The third kappa shape index (κ3) is 2.64. The Morgan fingerprint density at radius 3 is 2.73 bits per heavy atom. The third-order valence-corrected chi connectivity index (χ3v) is 2.40. The summed E-state index contributed by atoms with van der Waals surface area (Å²) in [5.41, 5.74) is 0.967. The average molecular weight is 208 g/mol. The fourth-order valence-corrected chi connectivity index (χ4v) is 1.59. The van der Waals surface area contributed by atoms with E-state index in [0.29, 0.717) is 0 Å². The zero-order valence-electron chi connectivity index (χ0n) is 8.94. The van der Waals surface area contributed by atoms with Gasteiger partial charge in [-0.1, -0.05) is 0 Å². The van der Waals surface area contributed by atoms with Crippen LogP contribution < -0.4 is 10.2 Å². The Labute approximate surface area is 89.4 Å². The quantitative estimate of drug-likeness (QED) is 0.759. The van der Waals surface area contributed by atoms with E-state index in [4.69, 9.17) is 4.74 Å². The Kier molecular flexibility index (Phi) is 3.47. The Morgan fingerprint density at radius 2 is 2.13 bits per heavy atom. The van der Waals surface area contributed by atoms with Crippen LogP contribution in [-0.4, -0.2) is 43.5 Å². The second-order valence-electron chi connectivity index (χ2n) is 3.51. The van der Waals surface area contributed by atoms with Crippen LogP contribution in [0.4, 0.5) is 5.82 Å². The molecule has 0 radical (unpaired) electrons. The number of hydrogen-bond donors (Lipinski definition) is 1. The van der Waals surface area contributed by atoms with Crippen LogP contribution in [0, 0.1) is 0 Å². The minimum Gasteiger partial charge on any atom is -0.378 e. The van der Waals surface area contributed by atoms with Gasteiger partial charge in [0.15, 0.2) is 5.82 Å². The molecular formula is C10H16N4O. The molecule has 2 heterocycles. The fourth-order valence-electron chi connectivity index (χ4n) is 1.59. The largest absolute Gasteiger partial charge is 0.378 e. The highest BCUT2D eigenvalue weighted by molar-refractivity contribution is 5.37. The number of rotatable bonds is 3. The summed E-state index contributed by atoms with van der Waals surface area (Å²) in [7, 11) is 1.90. The molecular weight excluding hydrogens is 192 g/mol. The molecule has 1 saturated heterocycles. The third-order valence-electron chi connectivity index (χ3n) is 2.40. The van der Waals surface area contributed by atoms with Gasteiger partial charge in [-0.3, -0.25) is 0 Å². The Bertz CT molecular complexity index is 295. The summed E-state index contributed by atoms with van der Waals surface area (Å²) in [5.74, 6) is 0.943. The summed E-state index contributed by atoms with van der Waals surface area (Å²) in [6, 6.07) is 4.03. The molecule has 1 aliphatic rings. The molecule has 1 aromatic rings. The molecule has 0 atom stereocenters. The molecule has 0 aliphatic carbocycles. The smallest absolute Gasteiger partial charge is 0.151 e. The second-order valence-corrected chi connectivity index (χ2v) is 3.51. The van der Waals surface area contributed by atoms with Crippen LogP contribution in [0.25, 0.3) is 0 Å². The molecule has 5 heteroatoms. The molecule has 1 fully saturated rings. The van der Waals surface area contributed by atoms with Crippen molar-refractivity contribution in [2.24, 2.45) is 0 Å². The van der Waals surface area contributed by atoms with Crippen LogP contribution in [0.2, 0.25) is 0 Å². The summed E-state index contributed by atoms with van der Waals surface area (Å²) in [6.07, 6.45) is 0. The minimum absolute atomic E-state index is 0.760. The lowest BCUT2D eigenvalue weighted by Crippen LogP contribution is -2.36. The van der Waals surface area contributed by atoms with E-state index in [1.54, 1.807) is 0 Å². The minimum atomic E-state index is 0.760. The topological polar surface area (TPSA) is 50.3 Å².